The zero-order valence-corrected chi connectivity index (χ0v) is 11.6. The van der Waals surface area contributed by atoms with E-state index in [0.29, 0.717) is 11.8 Å². The van der Waals surface area contributed by atoms with Gasteiger partial charge in [0.1, 0.15) is 5.75 Å². The number of hydrogen-bond donors (Lipinski definition) is 0. The number of nitrogens with zero attached hydrogens (tertiary/aromatic N) is 1. The Morgan fingerprint density at radius 2 is 1.89 bits per heavy atom. The van der Waals surface area contributed by atoms with Crippen LogP contribution in [0.25, 0.3) is 0 Å². The number of benzene rings is 1. The Hall–Kier alpha value is -1.54. The molecule has 0 unspecified atom stereocenters. The summed E-state index contributed by atoms with van der Waals surface area (Å²) in [6.07, 6.45) is 1.75. The van der Waals surface area contributed by atoms with Crippen LogP contribution in [-0.4, -0.2) is 4.98 Å². The van der Waals surface area contributed by atoms with Crippen LogP contribution in [0.2, 0.25) is 0 Å². The van der Waals surface area contributed by atoms with Crippen LogP contribution in [0.5, 0.6) is 11.6 Å². The lowest BCUT2D eigenvalue weighted by molar-refractivity contribution is 0.455. The molecule has 1 aromatic carbocycles. The lowest BCUT2D eigenvalue weighted by Gasteiger charge is -2.11. The third-order valence-electron chi connectivity index (χ3n) is 2.78. The monoisotopic (exact) mass is 261 g/mol. The van der Waals surface area contributed by atoms with Crippen molar-refractivity contribution in [2.24, 2.45) is 0 Å². The van der Waals surface area contributed by atoms with Gasteiger partial charge in [-0.25, -0.2) is 4.98 Å². The molecule has 2 aromatic rings. The Kier molecular flexibility index (Phi) is 3.87. The van der Waals surface area contributed by atoms with Gasteiger partial charge in [-0.2, -0.15) is 0 Å². The van der Waals surface area contributed by atoms with E-state index in [4.69, 9.17) is 16.3 Å². The normalized spacial score (nSPS) is 10.4. The molecular formula is C15H16ClNO. The van der Waals surface area contributed by atoms with E-state index in [1.807, 2.05) is 32.0 Å². The van der Waals surface area contributed by atoms with Gasteiger partial charge in [0.2, 0.25) is 5.88 Å². The topological polar surface area (TPSA) is 22.1 Å². The molecule has 0 aliphatic rings. The summed E-state index contributed by atoms with van der Waals surface area (Å²) in [6, 6.07) is 8.10. The lowest BCUT2D eigenvalue weighted by atomic mass is 10.1. The van der Waals surface area contributed by atoms with Crippen molar-refractivity contribution in [2.75, 3.05) is 0 Å². The molecule has 3 heteroatoms. The summed E-state index contributed by atoms with van der Waals surface area (Å²) >= 11 is 5.77. The van der Waals surface area contributed by atoms with Gasteiger partial charge in [0.15, 0.2) is 0 Å². The third kappa shape index (κ3) is 2.82. The number of aryl methyl sites for hydroxylation is 3. The van der Waals surface area contributed by atoms with Crippen LogP contribution in [0, 0.1) is 20.8 Å². The Morgan fingerprint density at radius 3 is 2.50 bits per heavy atom. The highest BCUT2D eigenvalue weighted by Gasteiger charge is 2.06. The molecule has 1 aromatic heterocycles. The van der Waals surface area contributed by atoms with E-state index in [2.05, 4.69) is 18.0 Å². The first-order valence-corrected chi connectivity index (χ1v) is 6.40. The van der Waals surface area contributed by atoms with E-state index < -0.39 is 0 Å². The second kappa shape index (κ2) is 5.40. The molecule has 0 radical (unpaired) electrons. The van der Waals surface area contributed by atoms with Crippen LogP contribution in [0.3, 0.4) is 0 Å². The van der Waals surface area contributed by atoms with E-state index in [1.165, 1.54) is 5.56 Å². The first-order chi connectivity index (χ1) is 8.60. The van der Waals surface area contributed by atoms with Crippen molar-refractivity contribution in [3.05, 3.63) is 52.7 Å². The third-order valence-corrected chi connectivity index (χ3v) is 3.09. The number of rotatable bonds is 3. The molecule has 0 saturated carbocycles. The summed E-state index contributed by atoms with van der Waals surface area (Å²) in [6.45, 7) is 6.07. The highest BCUT2D eigenvalue weighted by molar-refractivity contribution is 6.17. The maximum absolute atomic E-state index is 5.84. The van der Waals surface area contributed by atoms with Gasteiger partial charge in [0.25, 0.3) is 0 Å². The Labute approximate surface area is 113 Å². The summed E-state index contributed by atoms with van der Waals surface area (Å²) in [5.41, 5.74) is 4.33. The van der Waals surface area contributed by atoms with Crippen LogP contribution in [0.4, 0.5) is 0 Å². The number of pyridine rings is 1. The van der Waals surface area contributed by atoms with Crippen LogP contribution in [0.1, 0.15) is 22.3 Å². The van der Waals surface area contributed by atoms with Crippen molar-refractivity contribution in [1.82, 2.24) is 4.98 Å². The van der Waals surface area contributed by atoms with Crippen molar-refractivity contribution in [3.8, 4) is 11.6 Å². The summed E-state index contributed by atoms with van der Waals surface area (Å²) in [4.78, 5) is 4.30. The Morgan fingerprint density at radius 1 is 1.11 bits per heavy atom. The molecule has 0 atom stereocenters. The molecule has 0 amide bonds. The molecule has 0 fully saturated rings. The fraction of sp³-hybridized carbons (Fsp3) is 0.267. The summed E-state index contributed by atoms with van der Waals surface area (Å²) in [7, 11) is 0. The fourth-order valence-electron chi connectivity index (χ4n) is 1.82. The maximum atomic E-state index is 5.84. The molecule has 0 N–H and O–H groups in total. The van der Waals surface area contributed by atoms with Gasteiger partial charge in [-0.15, -0.1) is 11.6 Å². The minimum Gasteiger partial charge on any atom is -0.438 e. The van der Waals surface area contributed by atoms with E-state index >= 15 is 0 Å². The van der Waals surface area contributed by atoms with Gasteiger partial charge < -0.3 is 4.74 Å². The zero-order valence-electron chi connectivity index (χ0n) is 10.8. The minimum atomic E-state index is 0.470. The average molecular weight is 262 g/mol. The molecular weight excluding hydrogens is 246 g/mol. The first-order valence-electron chi connectivity index (χ1n) is 5.86. The van der Waals surface area contributed by atoms with Crippen LogP contribution in [-0.2, 0) is 5.88 Å². The largest absolute Gasteiger partial charge is 0.438 e. The molecule has 0 saturated heterocycles. The summed E-state index contributed by atoms with van der Waals surface area (Å²) < 4.78 is 5.84. The molecule has 2 nitrogen and oxygen atoms in total. The molecule has 0 aliphatic heterocycles. The predicted octanol–water partition coefficient (Wildman–Crippen LogP) is 4.54. The van der Waals surface area contributed by atoms with Gasteiger partial charge in [0.05, 0.1) is 0 Å². The van der Waals surface area contributed by atoms with Gasteiger partial charge >= 0.3 is 0 Å². The maximum Gasteiger partial charge on any atom is 0.222 e. The highest BCUT2D eigenvalue weighted by Crippen LogP contribution is 2.27. The molecule has 1 heterocycles. The second-order valence-corrected chi connectivity index (χ2v) is 4.74. The molecule has 0 spiro atoms. The van der Waals surface area contributed by atoms with Gasteiger partial charge in [-0.05, 0) is 44.0 Å². The van der Waals surface area contributed by atoms with Gasteiger partial charge in [-0.1, -0.05) is 17.7 Å². The fourth-order valence-corrected chi connectivity index (χ4v) is 1.96. The zero-order chi connectivity index (χ0) is 13.1. The van der Waals surface area contributed by atoms with Crippen molar-refractivity contribution < 1.29 is 4.74 Å². The second-order valence-electron chi connectivity index (χ2n) is 4.47. The first kappa shape index (κ1) is 12.9. The predicted molar refractivity (Wildman–Crippen MR) is 74.5 cm³/mol. The Bertz CT molecular complexity index is 566. The molecule has 2 rings (SSSR count). The summed E-state index contributed by atoms with van der Waals surface area (Å²) in [5, 5.41) is 0. The highest BCUT2D eigenvalue weighted by atomic mass is 35.5. The van der Waals surface area contributed by atoms with Crippen LogP contribution < -0.4 is 4.74 Å². The van der Waals surface area contributed by atoms with Gasteiger partial charge in [0, 0.05) is 17.6 Å². The standard InChI is InChI=1S/C15H16ClNO/c1-10-4-5-14(11(2)6-10)18-15-12(3)7-13(8-16)9-17-15/h4-7,9H,8H2,1-3H3. The van der Waals surface area contributed by atoms with Crippen molar-refractivity contribution in [1.29, 1.82) is 0 Å². The van der Waals surface area contributed by atoms with Crippen molar-refractivity contribution >= 4 is 11.6 Å². The number of hydrogen-bond acceptors (Lipinski definition) is 2. The molecule has 0 bridgehead atoms. The molecule has 0 aliphatic carbocycles. The van der Waals surface area contributed by atoms with Crippen molar-refractivity contribution in [2.45, 2.75) is 26.7 Å². The van der Waals surface area contributed by atoms with E-state index in [0.717, 1.165) is 22.4 Å². The number of alkyl halides is 1. The number of ether oxygens (including phenoxy) is 1. The smallest absolute Gasteiger partial charge is 0.222 e. The Balaban J connectivity index is 2.28. The average Bonchev–Trinajstić information content (AvgIpc) is 2.34. The van der Waals surface area contributed by atoms with Crippen molar-refractivity contribution in [3.63, 3.8) is 0 Å². The lowest BCUT2D eigenvalue weighted by Crippen LogP contribution is -1.94. The summed E-state index contributed by atoms with van der Waals surface area (Å²) in [5.74, 6) is 1.95. The number of aromatic nitrogens is 1. The quantitative estimate of drug-likeness (QED) is 0.757. The molecule has 18 heavy (non-hydrogen) atoms. The number of halogens is 1. The molecule has 94 valence electrons. The van der Waals surface area contributed by atoms with Crippen LogP contribution >= 0.6 is 11.6 Å². The minimum absolute atomic E-state index is 0.470. The SMILES string of the molecule is Cc1ccc(Oc2ncc(CCl)cc2C)c(C)c1. The van der Waals surface area contributed by atoms with Crippen LogP contribution in [0.15, 0.2) is 30.5 Å². The van der Waals surface area contributed by atoms with E-state index in [-0.39, 0.29) is 0 Å². The van der Waals surface area contributed by atoms with E-state index in [1.54, 1.807) is 6.20 Å². The van der Waals surface area contributed by atoms with E-state index in [9.17, 15) is 0 Å². The van der Waals surface area contributed by atoms with Gasteiger partial charge in [-0.3, -0.25) is 0 Å².